The van der Waals surface area contributed by atoms with E-state index < -0.39 is 0 Å². The highest BCUT2D eigenvalue weighted by Crippen LogP contribution is 2.18. The molecule has 3 nitrogen and oxygen atoms in total. The molecule has 0 aliphatic carbocycles. The van der Waals surface area contributed by atoms with Gasteiger partial charge < -0.3 is 10.1 Å². The molecule has 0 spiro atoms. The van der Waals surface area contributed by atoms with E-state index in [-0.39, 0.29) is 5.54 Å². The predicted molar refractivity (Wildman–Crippen MR) is 78.0 cm³/mol. The lowest BCUT2D eigenvalue weighted by atomic mass is 9.98. The molecule has 0 bridgehead atoms. The highest BCUT2D eigenvalue weighted by Gasteiger charge is 2.28. The number of nitrogens with one attached hydrogen (secondary N) is 1. The van der Waals surface area contributed by atoms with Crippen molar-refractivity contribution in [2.75, 3.05) is 19.6 Å². The quantitative estimate of drug-likeness (QED) is 0.836. The lowest BCUT2D eigenvalue weighted by molar-refractivity contribution is -0.0839. The van der Waals surface area contributed by atoms with Crippen LogP contribution in [0.15, 0.2) is 0 Å². The van der Waals surface area contributed by atoms with Crippen LogP contribution in [0.5, 0.6) is 0 Å². The third-order valence-corrected chi connectivity index (χ3v) is 3.80. The number of morpholine rings is 1. The van der Waals surface area contributed by atoms with Gasteiger partial charge >= 0.3 is 0 Å². The summed E-state index contributed by atoms with van der Waals surface area (Å²) in [5.41, 5.74) is 0.208. The number of hydrogen-bond acceptors (Lipinski definition) is 3. The van der Waals surface area contributed by atoms with Gasteiger partial charge in [-0.25, -0.2) is 0 Å². The fraction of sp³-hybridized carbons (Fsp3) is 1.00. The van der Waals surface area contributed by atoms with Crippen molar-refractivity contribution >= 4 is 0 Å². The zero-order chi connectivity index (χ0) is 13.9. The van der Waals surface area contributed by atoms with E-state index in [0.29, 0.717) is 24.2 Å². The Morgan fingerprint density at radius 2 is 1.67 bits per heavy atom. The topological polar surface area (TPSA) is 24.5 Å². The number of ether oxygens (including phenoxy) is 1. The molecule has 1 saturated heterocycles. The smallest absolute Gasteiger partial charge is 0.0678 e. The van der Waals surface area contributed by atoms with E-state index in [4.69, 9.17) is 4.74 Å². The van der Waals surface area contributed by atoms with Crippen LogP contribution in [0.4, 0.5) is 0 Å². The molecule has 1 aliphatic rings. The summed E-state index contributed by atoms with van der Waals surface area (Å²) in [6.07, 6.45) is 0.720. The highest BCUT2D eigenvalue weighted by atomic mass is 16.5. The molecule has 1 rings (SSSR count). The first-order valence-electron chi connectivity index (χ1n) is 7.33. The van der Waals surface area contributed by atoms with Crippen LogP contribution in [0.25, 0.3) is 0 Å². The van der Waals surface area contributed by atoms with Crippen LogP contribution >= 0.6 is 0 Å². The van der Waals surface area contributed by atoms with E-state index in [1.165, 1.54) is 0 Å². The summed E-state index contributed by atoms with van der Waals surface area (Å²) in [5.74, 6) is 0.654. The van der Waals surface area contributed by atoms with Gasteiger partial charge in [-0.1, -0.05) is 6.92 Å². The molecule has 0 aromatic heterocycles. The van der Waals surface area contributed by atoms with Crippen molar-refractivity contribution in [1.29, 1.82) is 0 Å². The maximum Gasteiger partial charge on any atom is 0.0678 e. The first kappa shape index (κ1) is 15.9. The molecule has 0 aromatic carbocycles. The van der Waals surface area contributed by atoms with E-state index >= 15 is 0 Å². The predicted octanol–water partition coefficient (Wildman–Crippen LogP) is 2.51. The van der Waals surface area contributed by atoms with Gasteiger partial charge in [-0.2, -0.15) is 0 Å². The van der Waals surface area contributed by atoms with Crippen LogP contribution in [0.1, 0.15) is 48.5 Å². The number of hydrogen-bond donors (Lipinski definition) is 1. The van der Waals surface area contributed by atoms with Crippen LogP contribution in [-0.2, 0) is 4.74 Å². The van der Waals surface area contributed by atoms with E-state index in [9.17, 15) is 0 Å². The Morgan fingerprint density at radius 1 is 1.17 bits per heavy atom. The zero-order valence-corrected chi connectivity index (χ0v) is 13.3. The Balaban J connectivity index is 2.44. The van der Waals surface area contributed by atoms with Crippen LogP contribution in [0.3, 0.4) is 0 Å². The first-order valence-corrected chi connectivity index (χ1v) is 7.33. The van der Waals surface area contributed by atoms with Gasteiger partial charge in [0.25, 0.3) is 0 Å². The molecule has 0 amide bonds. The van der Waals surface area contributed by atoms with E-state index in [0.717, 1.165) is 19.6 Å². The van der Waals surface area contributed by atoms with Gasteiger partial charge in [0.15, 0.2) is 0 Å². The van der Waals surface area contributed by atoms with Gasteiger partial charge in [-0.15, -0.1) is 0 Å². The lowest BCUT2D eigenvalue weighted by Gasteiger charge is -2.41. The summed E-state index contributed by atoms with van der Waals surface area (Å²) in [5, 5.41) is 3.61. The maximum atomic E-state index is 5.80. The summed E-state index contributed by atoms with van der Waals surface area (Å²) in [7, 11) is 0. The van der Waals surface area contributed by atoms with Crippen molar-refractivity contribution in [2.24, 2.45) is 5.92 Å². The molecular weight excluding hydrogens is 224 g/mol. The molecule has 4 atom stereocenters. The molecule has 3 heteroatoms. The Hall–Kier alpha value is -0.120. The molecule has 0 aromatic rings. The minimum atomic E-state index is 0.208. The minimum Gasteiger partial charge on any atom is -0.373 e. The first-order chi connectivity index (χ1) is 8.19. The zero-order valence-electron chi connectivity index (χ0n) is 13.3. The van der Waals surface area contributed by atoms with Crippen molar-refractivity contribution in [3.63, 3.8) is 0 Å². The van der Waals surface area contributed by atoms with Crippen LogP contribution in [0, 0.1) is 5.92 Å². The summed E-state index contributed by atoms with van der Waals surface area (Å²) in [6, 6.07) is 0.605. The Labute approximate surface area is 113 Å². The van der Waals surface area contributed by atoms with Crippen LogP contribution in [0.2, 0.25) is 0 Å². The maximum absolute atomic E-state index is 5.80. The van der Waals surface area contributed by atoms with Gasteiger partial charge in [0.1, 0.15) is 0 Å². The van der Waals surface area contributed by atoms with Gasteiger partial charge in [0.2, 0.25) is 0 Å². The Morgan fingerprint density at radius 3 is 2.11 bits per heavy atom. The largest absolute Gasteiger partial charge is 0.373 e. The molecule has 0 saturated carbocycles. The molecule has 1 aliphatic heterocycles. The molecule has 18 heavy (non-hydrogen) atoms. The van der Waals surface area contributed by atoms with Crippen molar-refractivity contribution in [1.82, 2.24) is 10.2 Å². The minimum absolute atomic E-state index is 0.208. The Bertz CT molecular complexity index is 239. The molecule has 1 heterocycles. The van der Waals surface area contributed by atoms with Crippen molar-refractivity contribution in [3.8, 4) is 0 Å². The van der Waals surface area contributed by atoms with Crippen LogP contribution in [-0.4, -0.2) is 48.3 Å². The van der Waals surface area contributed by atoms with Crippen molar-refractivity contribution in [2.45, 2.75) is 72.3 Å². The van der Waals surface area contributed by atoms with Crippen LogP contribution < -0.4 is 5.32 Å². The number of rotatable bonds is 4. The Kier molecular flexibility index (Phi) is 5.63. The summed E-state index contributed by atoms with van der Waals surface area (Å²) < 4.78 is 5.80. The fourth-order valence-corrected chi connectivity index (χ4v) is 2.55. The van der Waals surface area contributed by atoms with E-state index in [2.05, 4.69) is 58.7 Å². The monoisotopic (exact) mass is 256 g/mol. The average Bonchev–Trinajstić information content (AvgIpc) is 2.22. The molecule has 0 radical (unpaired) electrons. The third-order valence-electron chi connectivity index (χ3n) is 3.80. The third kappa shape index (κ3) is 5.25. The van der Waals surface area contributed by atoms with E-state index in [1.807, 2.05) is 0 Å². The fourth-order valence-electron chi connectivity index (χ4n) is 2.55. The van der Waals surface area contributed by atoms with Crippen molar-refractivity contribution < 1.29 is 4.74 Å². The molecule has 1 N–H and O–H groups in total. The molecule has 108 valence electrons. The lowest BCUT2D eigenvalue weighted by Crippen LogP contribution is -2.52. The average molecular weight is 256 g/mol. The van der Waals surface area contributed by atoms with Gasteiger partial charge in [0, 0.05) is 24.7 Å². The normalized spacial score (nSPS) is 30.2. The SMILES string of the molecule is CC1CN(C(C)C(C)CNC(C)(C)C)CC(C)O1. The standard InChI is InChI=1S/C15H32N2O/c1-11(8-16-15(5,6)7)14(4)17-9-12(2)18-13(3)10-17/h11-14,16H,8-10H2,1-7H3. The highest BCUT2D eigenvalue weighted by molar-refractivity contribution is 4.82. The molecule has 4 unspecified atom stereocenters. The molecule has 1 fully saturated rings. The second kappa shape index (κ2) is 6.36. The van der Waals surface area contributed by atoms with Crippen molar-refractivity contribution in [3.05, 3.63) is 0 Å². The van der Waals surface area contributed by atoms with Gasteiger partial charge in [0.05, 0.1) is 12.2 Å². The summed E-state index contributed by atoms with van der Waals surface area (Å²) in [4.78, 5) is 2.58. The van der Waals surface area contributed by atoms with Gasteiger partial charge in [-0.05, 0) is 54.0 Å². The summed E-state index contributed by atoms with van der Waals surface area (Å²) >= 11 is 0. The number of nitrogens with zero attached hydrogens (tertiary/aromatic N) is 1. The summed E-state index contributed by atoms with van der Waals surface area (Å²) in [6.45, 7) is 18.9. The molecular formula is C15H32N2O. The second-order valence-corrected chi connectivity index (χ2v) is 7.06. The van der Waals surface area contributed by atoms with E-state index in [1.54, 1.807) is 0 Å². The van der Waals surface area contributed by atoms with Gasteiger partial charge in [-0.3, -0.25) is 4.90 Å². The second-order valence-electron chi connectivity index (χ2n) is 7.06.